The van der Waals surface area contributed by atoms with Crippen LogP contribution in [0, 0.1) is 0 Å². The number of carbonyl (C=O) groups is 3. The minimum atomic E-state index is -0.337. The predicted octanol–water partition coefficient (Wildman–Crippen LogP) is 3.59. The normalized spacial score (nSPS) is 10.2. The van der Waals surface area contributed by atoms with Crippen LogP contribution in [0.4, 0.5) is 5.00 Å². The molecule has 0 aliphatic carbocycles. The lowest BCUT2D eigenvalue weighted by atomic mass is 10.0. The first kappa shape index (κ1) is 17.6. The Hall–Kier alpha value is -3.25. The van der Waals surface area contributed by atoms with Crippen LogP contribution in [-0.4, -0.2) is 24.6 Å². The summed E-state index contributed by atoms with van der Waals surface area (Å²) in [6.07, 6.45) is 0. The fourth-order valence-corrected chi connectivity index (χ4v) is 3.20. The topological polar surface area (TPSA) is 75.3 Å². The molecule has 0 unspecified atom stereocenters. The van der Waals surface area contributed by atoms with Crippen LogP contribution in [0.25, 0.3) is 0 Å². The largest absolute Gasteiger partial charge is 0.355 e. The third-order valence-electron chi connectivity index (χ3n) is 3.81. The standard InChI is InChI=1S/C20H16N2O3S/c1-21-19(25)16-11-12-26-20(16)22-18(24)15-9-7-14(8-10-15)17(23)13-5-3-2-4-6-13/h2-12H,1H3,(H,21,25)(H,22,24). The molecule has 0 spiro atoms. The van der Waals surface area contributed by atoms with Crippen molar-refractivity contribution in [2.24, 2.45) is 0 Å². The average Bonchev–Trinajstić information content (AvgIpc) is 3.15. The number of nitrogens with one attached hydrogen (secondary N) is 2. The van der Waals surface area contributed by atoms with Crippen LogP contribution in [0.5, 0.6) is 0 Å². The van der Waals surface area contributed by atoms with Gasteiger partial charge in [-0.3, -0.25) is 14.4 Å². The molecular weight excluding hydrogens is 348 g/mol. The Morgan fingerprint density at radius 3 is 2.04 bits per heavy atom. The molecule has 0 bridgehead atoms. The van der Waals surface area contributed by atoms with E-state index in [0.29, 0.717) is 27.3 Å². The third-order valence-corrected chi connectivity index (χ3v) is 4.64. The number of rotatable bonds is 5. The number of hydrogen-bond donors (Lipinski definition) is 2. The van der Waals surface area contributed by atoms with E-state index < -0.39 is 0 Å². The Bertz CT molecular complexity index is 947. The first-order valence-electron chi connectivity index (χ1n) is 7.91. The zero-order valence-corrected chi connectivity index (χ0v) is 14.8. The number of carbonyl (C=O) groups excluding carboxylic acids is 3. The van der Waals surface area contributed by atoms with E-state index in [0.717, 1.165) is 0 Å². The summed E-state index contributed by atoms with van der Waals surface area (Å²) in [5.74, 6) is -0.695. The molecular formula is C20H16N2O3S. The molecule has 2 amide bonds. The fraction of sp³-hybridized carbons (Fsp3) is 0.0500. The quantitative estimate of drug-likeness (QED) is 0.680. The molecule has 1 aromatic heterocycles. The van der Waals surface area contributed by atoms with Crippen LogP contribution in [-0.2, 0) is 0 Å². The smallest absolute Gasteiger partial charge is 0.256 e. The summed E-state index contributed by atoms with van der Waals surface area (Å²) in [4.78, 5) is 36.6. The fourth-order valence-electron chi connectivity index (χ4n) is 2.42. The minimum absolute atomic E-state index is 0.0993. The molecule has 130 valence electrons. The highest BCUT2D eigenvalue weighted by Crippen LogP contribution is 2.24. The molecule has 5 nitrogen and oxygen atoms in total. The molecule has 3 rings (SSSR count). The number of amides is 2. The van der Waals surface area contributed by atoms with Crippen molar-refractivity contribution in [2.75, 3.05) is 12.4 Å². The van der Waals surface area contributed by atoms with E-state index >= 15 is 0 Å². The van der Waals surface area contributed by atoms with E-state index in [1.165, 1.54) is 18.4 Å². The lowest BCUT2D eigenvalue weighted by molar-refractivity contribution is 0.0963. The van der Waals surface area contributed by atoms with Gasteiger partial charge in [0.1, 0.15) is 5.00 Å². The van der Waals surface area contributed by atoms with Crippen LogP contribution in [0.15, 0.2) is 66.0 Å². The van der Waals surface area contributed by atoms with Gasteiger partial charge < -0.3 is 10.6 Å². The molecule has 0 aliphatic rings. The van der Waals surface area contributed by atoms with Crippen LogP contribution in [0.1, 0.15) is 36.6 Å². The zero-order chi connectivity index (χ0) is 18.5. The minimum Gasteiger partial charge on any atom is -0.355 e. The Labute approximate surface area is 154 Å². The monoisotopic (exact) mass is 364 g/mol. The van der Waals surface area contributed by atoms with Gasteiger partial charge in [-0.15, -0.1) is 11.3 Å². The van der Waals surface area contributed by atoms with Gasteiger partial charge in [0, 0.05) is 23.7 Å². The highest BCUT2D eigenvalue weighted by molar-refractivity contribution is 7.14. The Morgan fingerprint density at radius 1 is 0.769 bits per heavy atom. The third kappa shape index (κ3) is 3.70. The van der Waals surface area contributed by atoms with Gasteiger partial charge in [0.2, 0.25) is 0 Å². The van der Waals surface area contributed by atoms with Crippen molar-refractivity contribution in [2.45, 2.75) is 0 Å². The van der Waals surface area contributed by atoms with Crippen molar-refractivity contribution in [3.05, 3.63) is 88.3 Å². The first-order valence-corrected chi connectivity index (χ1v) is 8.79. The summed E-state index contributed by atoms with van der Waals surface area (Å²) >= 11 is 1.27. The number of anilines is 1. The van der Waals surface area contributed by atoms with E-state index in [1.54, 1.807) is 60.0 Å². The van der Waals surface area contributed by atoms with Crippen molar-refractivity contribution in [3.8, 4) is 0 Å². The summed E-state index contributed by atoms with van der Waals surface area (Å²) in [7, 11) is 1.54. The second kappa shape index (κ2) is 7.76. The molecule has 0 fully saturated rings. The highest BCUT2D eigenvalue weighted by Gasteiger charge is 2.15. The second-order valence-electron chi connectivity index (χ2n) is 5.47. The van der Waals surface area contributed by atoms with E-state index in [4.69, 9.17) is 0 Å². The van der Waals surface area contributed by atoms with Gasteiger partial charge in [-0.05, 0) is 23.6 Å². The van der Waals surface area contributed by atoms with Gasteiger partial charge >= 0.3 is 0 Å². The number of benzene rings is 2. The number of ketones is 1. The molecule has 2 aromatic carbocycles. The molecule has 0 saturated heterocycles. The molecule has 0 saturated carbocycles. The lowest BCUT2D eigenvalue weighted by Crippen LogP contribution is -2.20. The van der Waals surface area contributed by atoms with Gasteiger partial charge in [0.25, 0.3) is 11.8 Å². The first-order chi connectivity index (χ1) is 12.6. The second-order valence-corrected chi connectivity index (χ2v) is 6.39. The van der Waals surface area contributed by atoms with Crippen molar-refractivity contribution in [3.63, 3.8) is 0 Å². The molecule has 0 atom stereocenters. The summed E-state index contributed by atoms with van der Waals surface area (Å²) in [5.41, 5.74) is 1.93. The molecule has 26 heavy (non-hydrogen) atoms. The van der Waals surface area contributed by atoms with Crippen LogP contribution < -0.4 is 10.6 Å². The van der Waals surface area contributed by atoms with Crippen molar-refractivity contribution < 1.29 is 14.4 Å². The Balaban J connectivity index is 1.75. The van der Waals surface area contributed by atoms with Gasteiger partial charge in [0.05, 0.1) is 5.56 Å². The van der Waals surface area contributed by atoms with Gasteiger partial charge in [0.15, 0.2) is 5.78 Å². The summed E-state index contributed by atoms with van der Waals surface area (Å²) in [6, 6.07) is 17.1. The summed E-state index contributed by atoms with van der Waals surface area (Å²) in [6.45, 7) is 0. The molecule has 3 aromatic rings. The van der Waals surface area contributed by atoms with Crippen LogP contribution >= 0.6 is 11.3 Å². The summed E-state index contributed by atoms with van der Waals surface area (Å²) in [5, 5.41) is 7.49. The zero-order valence-electron chi connectivity index (χ0n) is 14.0. The summed E-state index contributed by atoms with van der Waals surface area (Å²) < 4.78 is 0. The van der Waals surface area contributed by atoms with Crippen LogP contribution in [0.3, 0.4) is 0 Å². The average molecular weight is 364 g/mol. The number of hydrogen-bond acceptors (Lipinski definition) is 4. The Kier molecular flexibility index (Phi) is 5.24. The van der Waals surface area contributed by atoms with Gasteiger partial charge in [-0.1, -0.05) is 42.5 Å². The maximum atomic E-state index is 12.4. The van der Waals surface area contributed by atoms with Gasteiger partial charge in [-0.2, -0.15) is 0 Å². The predicted molar refractivity (Wildman–Crippen MR) is 102 cm³/mol. The molecule has 6 heteroatoms. The highest BCUT2D eigenvalue weighted by atomic mass is 32.1. The van der Waals surface area contributed by atoms with Crippen molar-refractivity contribution in [1.82, 2.24) is 5.32 Å². The van der Waals surface area contributed by atoms with Crippen molar-refractivity contribution >= 4 is 33.9 Å². The van der Waals surface area contributed by atoms with E-state index in [2.05, 4.69) is 10.6 Å². The SMILES string of the molecule is CNC(=O)c1ccsc1NC(=O)c1ccc(C(=O)c2ccccc2)cc1. The van der Waals surface area contributed by atoms with E-state index in [1.807, 2.05) is 6.07 Å². The molecule has 1 heterocycles. The van der Waals surface area contributed by atoms with E-state index in [-0.39, 0.29) is 17.6 Å². The maximum Gasteiger partial charge on any atom is 0.256 e. The van der Waals surface area contributed by atoms with E-state index in [9.17, 15) is 14.4 Å². The number of thiophene rings is 1. The van der Waals surface area contributed by atoms with Crippen LogP contribution in [0.2, 0.25) is 0 Å². The van der Waals surface area contributed by atoms with Crippen molar-refractivity contribution in [1.29, 1.82) is 0 Å². The van der Waals surface area contributed by atoms with Gasteiger partial charge in [-0.25, -0.2) is 0 Å². The molecule has 0 aliphatic heterocycles. The molecule has 0 radical (unpaired) electrons. The molecule has 2 N–H and O–H groups in total. The maximum absolute atomic E-state index is 12.4. The Morgan fingerprint density at radius 2 is 1.38 bits per heavy atom. The lowest BCUT2D eigenvalue weighted by Gasteiger charge is -2.07.